The summed E-state index contributed by atoms with van der Waals surface area (Å²) in [7, 11) is 1.65. The van der Waals surface area contributed by atoms with Crippen LogP contribution in [0.15, 0.2) is 53.9 Å². The highest BCUT2D eigenvalue weighted by atomic mass is 32.1. The van der Waals surface area contributed by atoms with Gasteiger partial charge in [0.1, 0.15) is 16.6 Å². The highest BCUT2D eigenvalue weighted by Gasteiger charge is 2.13. The van der Waals surface area contributed by atoms with Gasteiger partial charge in [0, 0.05) is 24.0 Å². The van der Waals surface area contributed by atoms with Gasteiger partial charge in [-0.2, -0.15) is 0 Å². The molecule has 2 aromatic carbocycles. The molecule has 3 aromatic rings. The maximum Gasteiger partial charge on any atom is 0.234 e. The van der Waals surface area contributed by atoms with Gasteiger partial charge in [0.05, 0.1) is 19.3 Å². The number of halogens is 1. The molecule has 0 atom stereocenters. The summed E-state index contributed by atoms with van der Waals surface area (Å²) in [6.07, 6.45) is 0. The molecule has 0 radical (unpaired) electrons. The van der Waals surface area contributed by atoms with E-state index in [-0.39, 0.29) is 18.3 Å². The van der Waals surface area contributed by atoms with Gasteiger partial charge in [-0.15, -0.1) is 11.3 Å². The Balaban J connectivity index is 1.54. The molecule has 1 aromatic heterocycles. The Bertz CT molecular complexity index is 943. The van der Waals surface area contributed by atoms with Crippen LogP contribution >= 0.6 is 11.3 Å². The van der Waals surface area contributed by atoms with Crippen molar-refractivity contribution in [3.63, 3.8) is 0 Å². The molecule has 0 unspecified atom stereocenters. The van der Waals surface area contributed by atoms with E-state index in [0.717, 1.165) is 34.1 Å². The van der Waals surface area contributed by atoms with Gasteiger partial charge in [-0.1, -0.05) is 31.2 Å². The van der Waals surface area contributed by atoms with Gasteiger partial charge in [-0.3, -0.25) is 9.69 Å². The number of nitrogens with one attached hydrogen (secondary N) is 1. The average molecular weight is 414 g/mol. The zero-order chi connectivity index (χ0) is 20.6. The van der Waals surface area contributed by atoms with Crippen LogP contribution < -0.4 is 10.1 Å². The maximum atomic E-state index is 13.0. The monoisotopic (exact) mass is 413 g/mol. The molecule has 1 heterocycles. The quantitative estimate of drug-likeness (QED) is 0.574. The van der Waals surface area contributed by atoms with Gasteiger partial charge in [0.25, 0.3) is 0 Å². The van der Waals surface area contributed by atoms with Gasteiger partial charge < -0.3 is 10.1 Å². The normalized spacial score (nSPS) is 10.9. The zero-order valence-electron chi connectivity index (χ0n) is 16.5. The number of carbonyl (C=O) groups excluding carboxylic acids is 1. The summed E-state index contributed by atoms with van der Waals surface area (Å²) in [5, 5.41) is 5.83. The number of aromatic nitrogens is 1. The first-order chi connectivity index (χ1) is 14.1. The largest absolute Gasteiger partial charge is 0.497 e. The molecule has 1 amide bonds. The van der Waals surface area contributed by atoms with Crippen molar-refractivity contribution in [2.75, 3.05) is 20.2 Å². The molecule has 0 spiro atoms. The highest BCUT2D eigenvalue weighted by Crippen LogP contribution is 2.27. The second-order valence-corrected chi connectivity index (χ2v) is 7.44. The van der Waals surface area contributed by atoms with E-state index in [9.17, 15) is 9.18 Å². The highest BCUT2D eigenvalue weighted by molar-refractivity contribution is 7.13. The first-order valence-electron chi connectivity index (χ1n) is 9.39. The lowest BCUT2D eigenvalue weighted by molar-refractivity contribution is -0.122. The summed E-state index contributed by atoms with van der Waals surface area (Å²) < 4.78 is 18.2. The van der Waals surface area contributed by atoms with Crippen molar-refractivity contribution in [1.82, 2.24) is 15.2 Å². The number of methoxy groups -OCH3 is 1. The van der Waals surface area contributed by atoms with Crippen molar-refractivity contribution in [2.24, 2.45) is 0 Å². The third-order valence-corrected chi connectivity index (χ3v) is 5.41. The lowest BCUT2D eigenvalue weighted by Gasteiger charge is -2.18. The van der Waals surface area contributed by atoms with Crippen LogP contribution in [0.3, 0.4) is 0 Å². The Hall–Kier alpha value is -2.77. The number of hydrogen-bond acceptors (Lipinski definition) is 5. The standard InChI is InChI=1S/C22H24FN3O2S/c1-3-26(14-21(27)24-12-16-7-9-18(23)10-8-16)13-19-15-29-22(25-19)17-5-4-6-20(11-17)28-2/h4-11,15H,3,12-14H2,1-2H3,(H,24,27). The molecule has 0 saturated carbocycles. The van der Waals surface area contributed by atoms with Crippen LogP contribution in [0, 0.1) is 5.82 Å². The first kappa shape index (κ1) is 21.0. The molecule has 0 bridgehead atoms. The van der Waals surface area contributed by atoms with Crippen LogP contribution in [0.4, 0.5) is 4.39 Å². The minimum absolute atomic E-state index is 0.0700. The summed E-state index contributed by atoms with van der Waals surface area (Å²) in [5.74, 6) is 0.445. The minimum atomic E-state index is -0.284. The lowest BCUT2D eigenvalue weighted by atomic mass is 10.2. The number of thiazole rings is 1. The van der Waals surface area contributed by atoms with E-state index in [4.69, 9.17) is 9.72 Å². The summed E-state index contributed by atoms with van der Waals surface area (Å²) in [6.45, 7) is 4.01. The van der Waals surface area contributed by atoms with Crippen LogP contribution in [0.25, 0.3) is 10.6 Å². The van der Waals surface area contributed by atoms with E-state index < -0.39 is 0 Å². The van der Waals surface area contributed by atoms with Gasteiger partial charge in [0.2, 0.25) is 5.91 Å². The van der Waals surface area contributed by atoms with Crippen molar-refractivity contribution in [3.8, 4) is 16.3 Å². The molecule has 0 aliphatic heterocycles. The van der Waals surface area contributed by atoms with E-state index >= 15 is 0 Å². The molecule has 7 heteroatoms. The fourth-order valence-corrected chi connectivity index (χ4v) is 3.65. The smallest absolute Gasteiger partial charge is 0.234 e. The second kappa shape index (κ2) is 10.1. The maximum absolute atomic E-state index is 13.0. The summed E-state index contributed by atoms with van der Waals surface area (Å²) in [6, 6.07) is 13.9. The molecule has 3 rings (SSSR count). The molecule has 0 aliphatic carbocycles. The minimum Gasteiger partial charge on any atom is -0.497 e. The lowest BCUT2D eigenvalue weighted by Crippen LogP contribution is -2.36. The van der Waals surface area contributed by atoms with Crippen LogP contribution in [-0.4, -0.2) is 36.0 Å². The summed E-state index contributed by atoms with van der Waals surface area (Å²) >= 11 is 1.58. The van der Waals surface area contributed by atoms with Crippen molar-refractivity contribution in [3.05, 3.63) is 71.0 Å². The molecule has 1 N–H and O–H groups in total. The number of likely N-dealkylation sites (N-methyl/N-ethyl adjacent to an activating group) is 1. The Morgan fingerprint density at radius 1 is 1.24 bits per heavy atom. The molecular formula is C22H24FN3O2S. The number of rotatable bonds is 9. The van der Waals surface area contributed by atoms with Crippen LogP contribution in [0.5, 0.6) is 5.75 Å². The van der Waals surface area contributed by atoms with Crippen molar-refractivity contribution >= 4 is 17.2 Å². The fraction of sp³-hybridized carbons (Fsp3) is 0.273. The van der Waals surface area contributed by atoms with Gasteiger partial charge in [-0.25, -0.2) is 9.37 Å². The molecule has 29 heavy (non-hydrogen) atoms. The molecule has 5 nitrogen and oxygen atoms in total. The molecule has 152 valence electrons. The second-order valence-electron chi connectivity index (χ2n) is 6.58. The van der Waals surface area contributed by atoms with Gasteiger partial charge in [-0.05, 0) is 36.4 Å². The fourth-order valence-electron chi connectivity index (χ4n) is 2.84. The number of ether oxygens (including phenoxy) is 1. The Kier molecular flexibility index (Phi) is 7.32. The Labute approximate surface area is 174 Å². The van der Waals surface area contributed by atoms with E-state index in [0.29, 0.717) is 13.1 Å². The molecular weight excluding hydrogens is 389 g/mol. The number of amides is 1. The number of benzene rings is 2. The third kappa shape index (κ3) is 6.10. The van der Waals surface area contributed by atoms with Crippen LogP contribution in [0.2, 0.25) is 0 Å². The van der Waals surface area contributed by atoms with Crippen molar-refractivity contribution in [2.45, 2.75) is 20.0 Å². The zero-order valence-corrected chi connectivity index (χ0v) is 17.3. The molecule has 0 saturated heterocycles. The average Bonchev–Trinajstić information content (AvgIpc) is 3.21. The van der Waals surface area contributed by atoms with Crippen LogP contribution in [0.1, 0.15) is 18.2 Å². The summed E-state index contributed by atoms with van der Waals surface area (Å²) in [5.41, 5.74) is 2.81. The molecule has 0 fully saturated rings. The van der Waals surface area contributed by atoms with Gasteiger partial charge >= 0.3 is 0 Å². The van der Waals surface area contributed by atoms with E-state index in [1.807, 2.05) is 41.5 Å². The van der Waals surface area contributed by atoms with Gasteiger partial charge in [0.15, 0.2) is 0 Å². The number of hydrogen-bond donors (Lipinski definition) is 1. The predicted octanol–water partition coefficient (Wildman–Crippen LogP) is 4.10. The van der Waals surface area contributed by atoms with Crippen molar-refractivity contribution in [1.29, 1.82) is 0 Å². The predicted molar refractivity (Wildman–Crippen MR) is 113 cm³/mol. The van der Waals surface area contributed by atoms with E-state index in [2.05, 4.69) is 5.32 Å². The van der Waals surface area contributed by atoms with E-state index in [1.165, 1.54) is 12.1 Å². The topological polar surface area (TPSA) is 54.5 Å². The van der Waals surface area contributed by atoms with E-state index in [1.54, 1.807) is 30.6 Å². The first-order valence-corrected chi connectivity index (χ1v) is 10.3. The van der Waals surface area contributed by atoms with Crippen molar-refractivity contribution < 1.29 is 13.9 Å². The number of nitrogens with zero attached hydrogens (tertiary/aromatic N) is 2. The SMILES string of the molecule is CCN(CC(=O)NCc1ccc(F)cc1)Cc1csc(-c2cccc(OC)c2)n1. The summed E-state index contributed by atoms with van der Waals surface area (Å²) in [4.78, 5) is 19.0. The molecule has 0 aliphatic rings. The Morgan fingerprint density at radius 3 is 2.76 bits per heavy atom. The Morgan fingerprint density at radius 2 is 2.03 bits per heavy atom. The third-order valence-electron chi connectivity index (χ3n) is 4.47. The number of carbonyl (C=O) groups is 1. The van der Waals surface area contributed by atoms with Crippen LogP contribution in [-0.2, 0) is 17.9 Å².